The van der Waals surface area contributed by atoms with Gasteiger partial charge in [0, 0.05) is 39.8 Å². The molecule has 3 rings (SSSR count). The number of anilines is 2. The van der Waals surface area contributed by atoms with Gasteiger partial charge in [0.05, 0.1) is 23.0 Å². The number of aromatic carboxylic acids is 1. The summed E-state index contributed by atoms with van der Waals surface area (Å²) in [7, 11) is 4.35. The van der Waals surface area contributed by atoms with Gasteiger partial charge in [-0.1, -0.05) is 65.0 Å². The van der Waals surface area contributed by atoms with Gasteiger partial charge in [0.2, 0.25) is 0 Å². The zero-order valence-corrected chi connectivity index (χ0v) is 23.0. The van der Waals surface area contributed by atoms with E-state index in [0.717, 1.165) is 43.9 Å². The van der Waals surface area contributed by atoms with Crippen molar-refractivity contribution < 1.29 is 15.0 Å². The second-order valence-electron chi connectivity index (χ2n) is 11.5. The van der Waals surface area contributed by atoms with Crippen LogP contribution in [0.4, 0.5) is 11.4 Å². The van der Waals surface area contributed by atoms with Gasteiger partial charge in [-0.3, -0.25) is 0 Å². The van der Waals surface area contributed by atoms with E-state index in [2.05, 4.69) is 75.5 Å². The van der Waals surface area contributed by atoms with E-state index in [0.29, 0.717) is 5.92 Å². The Bertz CT molecular complexity index is 1060. The maximum atomic E-state index is 11.2. The smallest absolute Gasteiger partial charge is 0.335 e. The second kappa shape index (κ2) is 11.5. The first-order chi connectivity index (χ1) is 16.9. The minimum Gasteiger partial charge on any atom is -0.478 e. The van der Waals surface area contributed by atoms with Crippen molar-refractivity contribution in [2.24, 2.45) is 5.92 Å². The molecule has 0 saturated carbocycles. The highest BCUT2D eigenvalue weighted by molar-refractivity contribution is 5.87. The van der Waals surface area contributed by atoms with Crippen molar-refractivity contribution in [3.05, 3.63) is 64.7 Å². The summed E-state index contributed by atoms with van der Waals surface area (Å²) >= 11 is 0. The van der Waals surface area contributed by atoms with Crippen molar-refractivity contribution in [1.29, 1.82) is 0 Å². The lowest BCUT2D eigenvalue weighted by Gasteiger charge is -2.40. The van der Waals surface area contributed by atoms with E-state index >= 15 is 0 Å². The Morgan fingerprint density at radius 1 is 1.08 bits per heavy atom. The fraction of sp³-hybridized carbons (Fsp3) is 0.500. The zero-order valence-electron chi connectivity index (χ0n) is 23.0. The third kappa shape index (κ3) is 6.89. The summed E-state index contributed by atoms with van der Waals surface area (Å²) in [6, 6.07) is 11.0. The number of nitrogens with zero attached hydrogens (tertiary/aromatic N) is 3. The van der Waals surface area contributed by atoms with E-state index in [1.807, 2.05) is 6.08 Å². The third-order valence-corrected chi connectivity index (χ3v) is 6.75. The Hall–Kier alpha value is -2.83. The maximum absolute atomic E-state index is 11.2. The largest absolute Gasteiger partial charge is 0.478 e. The topological polar surface area (TPSA) is 67.2 Å². The number of aliphatic hydroxyl groups is 1. The molecule has 2 N–H and O–H groups in total. The van der Waals surface area contributed by atoms with E-state index in [-0.39, 0.29) is 11.0 Å². The number of piperazine rings is 1. The molecule has 1 unspecified atom stereocenters. The van der Waals surface area contributed by atoms with Gasteiger partial charge in [0.15, 0.2) is 0 Å². The molecule has 1 heterocycles. The standard InChI is InChI=1S/C30H43N3O3/c1-21(2)20-32(7)28-25(30(3,4)5)18-24(19-26(28)33-16-14-31(6)15-17-33)27(34)13-10-22-8-11-23(12-9-22)29(35)36/h8-13,18-19,21,27,34H,14-17,20H2,1-7H3,(H,35,36)/b13-10+. The molecule has 1 aliphatic heterocycles. The van der Waals surface area contributed by atoms with E-state index < -0.39 is 12.1 Å². The Balaban J connectivity index is 2.04. The maximum Gasteiger partial charge on any atom is 0.335 e. The number of benzene rings is 2. The number of carboxylic acid groups (broad SMARTS) is 1. The Kier molecular flexibility index (Phi) is 8.85. The van der Waals surface area contributed by atoms with Gasteiger partial charge in [0.25, 0.3) is 0 Å². The molecule has 2 aromatic rings. The molecule has 0 bridgehead atoms. The number of rotatable bonds is 8. The van der Waals surface area contributed by atoms with E-state index in [1.54, 1.807) is 30.3 Å². The van der Waals surface area contributed by atoms with Crippen molar-refractivity contribution in [3.63, 3.8) is 0 Å². The van der Waals surface area contributed by atoms with Gasteiger partial charge >= 0.3 is 5.97 Å². The molecule has 0 aromatic heterocycles. The van der Waals surface area contributed by atoms with Crippen molar-refractivity contribution in [3.8, 4) is 0 Å². The lowest BCUT2D eigenvalue weighted by Crippen LogP contribution is -2.45. The average Bonchev–Trinajstić information content (AvgIpc) is 2.81. The van der Waals surface area contributed by atoms with Crippen LogP contribution in [0.1, 0.15) is 67.8 Å². The molecule has 6 nitrogen and oxygen atoms in total. The lowest BCUT2D eigenvalue weighted by molar-refractivity contribution is 0.0697. The number of likely N-dealkylation sites (N-methyl/N-ethyl adjacent to an activating group) is 1. The highest BCUT2D eigenvalue weighted by Crippen LogP contribution is 2.42. The fourth-order valence-corrected chi connectivity index (χ4v) is 4.76. The van der Waals surface area contributed by atoms with Crippen molar-refractivity contribution >= 4 is 23.4 Å². The monoisotopic (exact) mass is 493 g/mol. The number of carboxylic acids is 1. The van der Waals surface area contributed by atoms with Crippen LogP contribution in [0.25, 0.3) is 6.08 Å². The number of hydrogen-bond donors (Lipinski definition) is 2. The molecular formula is C30H43N3O3. The molecule has 6 heteroatoms. The summed E-state index contributed by atoms with van der Waals surface area (Å²) in [4.78, 5) is 18.3. The van der Waals surface area contributed by atoms with Gasteiger partial charge in [0.1, 0.15) is 0 Å². The van der Waals surface area contributed by atoms with Crippen LogP contribution < -0.4 is 9.80 Å². The molecule has 1 fully saturated rings. The molecule has 36 heavy (non-hydrogen) atoms. The van der Waals surface area contributed by atoms with Gasteiger partial charge in [-0.2, -0.15) is 0 Å². The normalized spacial score (nSPS) is 16.1. The first-order valence-corrected chi connectivity index (χ1v) is 12.9. The average molecular weight is 494 g/mol. The minimum absolute atomic E-state index is 0.103. The van der Waals surface area contributed by atoms with Gasteiger partial charge < -0.3 is 24.9 Å². The quantitative estimate of drug-likeness (QED) is 0.522. The molecule has 196 valence electrons. The van der Waals surface area contributed by atoms with Crippen LogP contribution in [0.15, 0.2) is 42.5 Å². The van der Waals surface area contributed by atoms with Crippen LogP contribution in [0.5, 0.6) is 0 Å². The third-order valence-electron chi connectivity index (χ3n) is 6.75. The summed E-state index contributed by atoms with van der Waals surface area (Å²) in [5, 5.41) is 20.4. The molecule has 2 aromatic carbocycles. The van der Waals surface area contributed by atoms with E-state index in [4.69, 9.17) is 5.11 Å². The van der Waals surface area contributed by atoms with E-state index in [1.165, 1.54) is 16.9 Å². The molecule has 1 atom stereocenters. The van der Waals surface area contributed by atoms with E-state index in [9.17, 15) is 9.90 Å². The molecule has 0 aliphatic carbocycles. The van der Waals surface area contributed by atoms with Crippen molar-refractivity contribution in [2.75, 3.05) is 56.6 Å². The van der Waals surface area contributed by atoms with Crippen LogP contribution >= 0.6 is 0 Å². The number of hydrogen-bond acceptors (Lipinski definition) is 5. The Labute approximate surface area is 216 Å². The van der Waals surface area contributed by atoms with Gasteiger partial charge in [-0.05, 0) is 53.3 Å². The zero-order chi connectivity index (χ0) is 26.6. The lowest BCUT2D eigenvalue weighted by atomic mass is 9.82. The Morgan fingerprint density at radius 2 is 1.69 bits per heavy atom. The van der Waals surface area contributed by atoms with Crippen LogP contribution in [0.3, 0.4) is 0 Å². The van der Waals surface area contributed by atoms with Crippen LogP contribution in [-0.2, 0) is 5.41 Å². The van der Waals surface area contributed by atoms with Crippen LogP contribution in [0.2, 0.25) is 0 Å². The van der Waals surface area contributed by atoms with Crippen molar-refractivity contribution in [2.45, 2.75) is 46.1 Å². The predicted molar refractivity (Wildman–Crippen MR) is 150 cm³/mol. The summed E-state index contributed by atoms with van der Waals surface area (Å²) < 4.78 is 0. The fourth-order valence-electron chi connectivity index (χ4n) is 4.76. The summed E-state index contributed by atoms with van der Waals surface area (Å²) in [6.45, 7) is 16.1. The van der Waals surface area contributed by atoms with Crippen LogP contribution in [0, 0.1) is 5.92 Å². The first-order valence-electron chi connectivity index (χ1n) is 12.9. The SMILES string of the molecule is CC(C)CN(C)c1c(N2CCN(C)CC2)cc(C(O)/C=C/c2ccc(C(=O)O)cc2)cc1C(C)(C)C. The summed E-state index contributed by atoms with van der Waals surface area (Å²) in [6.07, 6.45) is 2.85. The Morgan fingerprint density at radius 3 is 2.22 bits per heavy atom. The predicted octanol–water partition coefficient (Wildman–Crippen LogP) is 5.27. The summed E-state index contributed by atoms with van der Waals surface area (Å²) in [5.74, 6) is -0.414. The van der Waals surface area contributed by atoms with Crippen molar-refractivity contribution in [1.82, 2.24) is 4.90 Å². The molecule has 0 spiro atoms. The highest BCUT2D eigenvalue weighted by Gasteiger charge is 2.28. The molecule has 0 radical (unpaired) electrons. The van der Waals surface area contributed by atoms with Gasteiger partial charge in [-0.25, -0.2) is 4.79 Å². The first kappa shape index (κ1) is 27.8. The number of carbonyl (C=O) groups is 1. The molecule has 1 saturated heterocycles. The minimum atomic E-state index is -0.945. The van der Waals surface area contributed by atoms with Gasteiger partial charge in [-0.15, -0.1) is 0 Å². The van der Waals surface area contributed by atoms with Crippen LogP contribution in [-0.4, -0.2) is 67.9 Å². The number of aliphatic hydroxyl groups excluding tert-OH is 1. The molecule has 1 aliphatic rings. The molecule has 0 amide bonds. The summed E-state index contributed by atoms with van der Waals surface area (Å²) in [5.41, 5.74) is 5.54. The second-order valence-corrected chi connectivity index (χ2v) is 11.5. The highest BCUT2D eigenvalue weighted by atomic mass is 16.4. The molecular weight excluding hydrogens is 450 g/mol.